The summed E-state index contributed by atoms with van der Waals surface area (Å²) in [5.74, 6) is 1.24. The number of hydrogen-bond acceptors (Lipinski definition) is 5. The summed E-state index contributed by atoms with van der Waals surface area (Å²) in [5, 5.41) is 9.35. The first-order chi connectivity index (χ1) is 19.1. The minimum Gasteiger partial charge on any atom is -0.490 e. The molecule has 1 aromatic rings. The Hall–Kier alpha value is -2.37. The minimum atomic E-state index is -1.01. The third kappa shape index (κ3) is 15.7. The standard InChI is InChI=1S/C33H56O6/c1-5-9-13-17-23-36-29-27-28(21-22-30(34)35)31(37-24-18-14-10-6-2)33(39-26-20-16-12-8-4)32(29)38-25-19-15-11-7-3/h21-22,27H,5-20,23-26H2,1-4H3,(H,34,35). The predicted octanol–water partition coefficient (Wildman–Crippen LogP) is 9.62. The molecule has 0 fully saturated rings. The van der Waals surface area contributed by atoms with Crippen LogP contribution in [0.4, 0.5) is 0 Å². The first-order valence-corrected chi connectivity index (χ1v) is 15.7. The molecule has 0 spiro atoms. The van der Waals surface area contributed by atoms with Gasteiger partial charge in [0.1, 0.15) is 0 Å². The Labute approximate surface area is 238 Å². The third-order valence-corrected chi connectivity index (χ3v) is 6.58. The maximum absolute atomic E-state index is 11.4. The molecule has 0 aliphatic heterocycles. The first kappa shape index (κ1) is 34.7. The highest BCUT2D eigenvalue weighted by Gasteiger charge is 2.23. The second-order valence-corrected chi connectivity index (χ2v) is 10.3. The molecule has 39 heavy (non-hydrogen) atoms. The summed E-state index contributed by atoms with van der Waals surface area (Å²) in [6, 6.07) is 1.85. The van der Waals surface area contributed by atoms with Gasteiger partial charge in [-0.15, -0.1) is 0 Å². The van der Waals surface area contributed by atoms with E-state index < -0.39 is 5.97 Å². The van der Waals surface area contributed by atoms with Gasteiger partial charge in [0.15, 0.2) is 11.5 Å². The minimum absolute atomic E-state index is 0.535. The van der Waals surface area contributed by atoms with Crippen molar-refractivity contribution in [1.82, 2.24) is 0 Å². The maximum atomic E-state index is 11.4. The summed E-state index contributed by atoms with van der Waals surface area (Å²) in [4.78, 5) is 11.4. The van der Waals surface area contributed by atoms with Crippen molar-refractivity contribution in [2.24, 2.45) is 0 Å². The normalized spacial score (nSPS) is 11.2. The van der Waals surface area contributed by atoms with E-state index >= 15 is 0 Å². The Kier molecular flexibility index (Phi) is 20.9. The number of benzene rings is 1. The average molecular weight is 549 g/mol. The molecule has 1 aromatic carbocycles. The molecule has 0 amide bonds. The molecule has 0 heterocycles. The van der Waals surface area contributed by atoms with Crippen LogP contribution in [0.15, 0.2) is 12.1 Å². The molecule has 0 saturated heterocycles. The van der Waals surface area contributed by atoms with Crippen LogP contribution in [0.25, 0.3) is 6.08 Å². The van der Waals surface area contributed by atoms with Gasteiger partial charge in [-0.3, -0.25) is 0 Å². The number of aliphatic carboxylic acids is 1. The number of carboxylic acid groups (broad SMARTS) is 1. The maximum Gasteiger partial charge on any atom is 0.328 e. The zero-order chi connectivity index (χ0) is 28.6. The fourth-order valence-electron chi connectivity index (χ4n) is 4.25. The van der Waals surface area contributed by atoms with Crippen LogP contribution in [-0.4, -0.2) is 37.5 Å². The van der Waals surface area contributed by atoms with Gasteiger partial charge in [0.25, 0.3) is 0 Å². The Bertz CT molecular complexity index is 789. The highest BCUT2D eigenvalue weighted by molar-refractivity contribution is 5.87. The molecule has 1 rings (SSSR count). The fourth-order valence-corrected chi connectivity index (χ4v) is 4.25. The van der Waals surface area contributed by atoms with E-state index in [0.29, 0.717) is 55.0 Å². The van der Waals surface area contributed by atoms with Crippen LogP contribution < -0.4 is 18.9 Å². The van der Waals surface area contributed by atoms with Crippen molar-refractivity contribution in [3.05, 3.63) is 17.7 Å². The lowest BCUT2D eigenvalue weighted by atomic mass is 10.1. The smallest absolute Gasteiger partial charge is 0.328 e. The number of rotatable bonds is 26. The number of ether oxygens (including phenoxy) is 4. The Morgan fingerprint density at radius 2 is 1.00 bits per heavy atom. The number of hydrogen-bond donors (Lipinski definition) is 1. The van der Waals surface area contributed by atoms with Gasteiger partial charge in [0.2, 0.25) is 11.5 Å². The lowest BCUT2D eigenvalue weighted by molar-refractivity contribution is -0.131. The Morgan fingerprint density at radius 3 is 1.44 bits per heavy atom. The SMILES string of the molecule is CCCCCCOc1cc(C=CC(=O)O)c(OCCCCCC)c(OCCCCCC)c1OCCCCCC. The van der Waals surface area contributed by atoms with E-state index in [1.807, 2.05) is 6.07 Å². The van der Waals surface area contributed by atoms with E-state index in [-0.39, 0.29) is 0 Å². The average Bonchev–Trinajstić information content (AvgIpc) is 2.92. The monoisotopic (exact) mass is 548 g/mol. The molecule has 0 radical (unpaired) electrons. The van der Waals surface area contributed by atoms with Gasteiger partial charge in [-0.05, 0) is 37.8 Å². The van der Waals surface area contributed by atoms with Crippen LogP contribution in [0.1, 0.15) is 136 Å². The molecule has 224 valence electrons. The second-order valence-electron chi connectivity index (χ2n) is 10.3. The third-order valence-electron chi connectivity index (χ3n) is 6.58. The van der Waals surface area contributed by atoms with Gasteiger partial charge in [-0.25, -0.2) is 4.79 Å². The van der Waals surface area contributed by atoms with Gasteiger partial charge in [0, 0.05) is 11.6 Å². The van der Waals surface area contributed by atoms with Gasteiger partial charge in [0.05, 0.1) is 26.4 Å². The van der Waals surface area contributed by atoms with Crippen molar-refractivity contribution in [2.45, 2.75) is 130 Å². The summed E-state index contributed by atoms with van der Waals surface area (Å²) >= 11 is 0. The van der Waals surface area contributed by atoms with Crippen molar-refractivity contribution in [2.75, 3.05) is 26.4 Å². The van der Waals surface area contributed by atoms with Gasteiger partial charge in [-0.1, -0.05) is 105 Å². The number of unbranched alkanes of at least 4 members (excludes halogenated alkanes) is 12. The lowest BCUT2D eigenvalue weighted by Gasteiger charge is -2.22. The molecule has 0 aromatic heterocycles. The zero-order valence-corrected chi connectivity index (χ0v) is 25.4. The molecule has 0 unspecified atom stereocenters. The first-order valence-electron chi connectivity index (χ1n) is 15.7. The molecule has 0 bridgehead atoms. The van der Waals surface area contributed by atoms with Crippen LogP contribution in [0.5, 0.6) is 23.0 Å². The van der Waals surface area contributed by atoms with Gasteiger partial charge < -0.3 is 24.1 Å². The molecule has 0 aliphatic carbocycles. The molecule has 0 aliphatic rings. The van der Waals surface area contributed by atoms with Gasteiger partial charge in [-0.2, -0.15) is 0 Å². The van der Waals surface area contributed by atoms with E-state index in [2.05, 4.69) is 27.7 Å². The highest BCUT2D eigenvalue weighted by atomic mass is 16.6. The van der Waals surface area contributed by atoms with Crippen molar-refractivity contribution < 1.29 is 28.8 Å². The molecule has 0 atom stereocenters. The van der Waals surface area contributed by atoms with E-state index in [4.69, 9.17) is 18.9 Å². The molecule has 6 heteroatoms. The van der Waals surface area contributed by atoms with E-state index in [9.17, 15) is 9.90 Å². The van der Waals surface area contributed by atoms with Crippen LogP contribution >= 0.6 is 0 Å². The van der Waals surface area contributed by atoms with E-state index in [1.54, 1.807) is 6.08 Å². The van der Waals surface area contributed by atoms with Crippen LogP contribution in [0, 0.1) is 0 Å². The van der Waals surface area contributed by atoms with E-state index in [1.165, 1.54) is 25.7 Å². The fraction of sp³-hybridized carbons (Fsp3) is 0.727. The summed E-state index contributed by atoms with van der Waals surface area (Å²) in [6.45, 7) is 11.0. The molecule has 0 saturated carbocycles. The Balaban J connectivity index is 3.39. The van der Waals surface area contributed by atoms with Crippen LogP contribution in [0.2, 0.25) is 0 Å². The second kappa shape index (κ2) is 23.5. The summed E-state index contributed by atoms with van der Waals surface area (Å²) < 4.78 is 25.3. The molecular weight excluding hydrogens is 492 g/mol. The highest BCUT2D eigenvalue weighted by Crippen LogP contribution is 2.48. The zero-order valence-electron chi connectivity index (χ0n) is 25.4. The topological polar surface area (TPSA) is 74.2 Å². The van der Waals surface area contributed by atoms with Crippen LogP contribution in [-0.2, 0) is 4.79 Å². The Morgan fingerprint density at radius 1 is 0.590 bits per heavy atom. The van der Waals surface area contributed by atoms with Gasteiger partial charge >= 0.3 is 5.97 Å². The number of carboxylic acids is 1. The quantitative estimate of drug-likeness (QED) is 0.0917. The van der Waals surface area contributed by atoms with E-state index in [0.717, 1.165) is 83.1 Å². The predicted molar refractivity (Wildman–Crippen MR) is 162 cm³/mol. The largest absolute Gasteiger partial charge is 0.490 e. The lowest BCUT2D eigenvalue weighted by Crippen LogP contribution is -2.10. The van der Waals surface area contributed by atoms with Crippen molar-refractivity contribution >= 4 is 12.0 Å². The summed E-state index contributed by atoms with van der Waals surface area (Å²) in [5.41, 5.74) is 0.637. The summed E-state index contributed by atoms with van der Waals surface area (Å²) in [6.07, 6.45) is 20.2. The van der Waals surface area contributed by atoms with Crippen molar-refractivity contribution in [3.8, 4) is 23.0 Å². The molecule has 6 nitrogen and oxygen atoms in total. The van der Waals surface area contributed by atoms with Crippen molar-refractivity contribution in [1.29, 1.82) is 0 Å². The van der Waals surface area contributed by atoms with Crippen molar-refractivity contribution in [3.63, 3.8) is 0 Å². The molecular formula is C33H56O6. The molecule has 1 N–H and O–H groups in total. The van der Waals surface area contributed by atoms with Crippen LogP contribution in [0.3, 0.4) is 0 Å². The number of carbonyl (C=O) groups is 1. The summed E-state index contributed by atoms with van der Waals surface area (Å²) in [7, 11) is 0.